The smallest absolute Gasteiger partial charge is 0.348 e. The van der Waals surface area contributed by atoms with E-state index >= 15 is 0 Å². The predicted octanol–water partition coefficient (Wildman–Crippen LogP) is 2.77. The van der Waals surface area contributed by atoms with Crippen molar-refractivity contribution in [3.05, 3.63) is 46.3 Å². The molecule has 1 aromatic carbocycles. The number of thiophene rings is 1. The molecule has 0 aliphatic heterocycles. The van der Waals surface area contributed by atoms with Crippen molar-refractivity contribution >= 4 is 27.4 Å². The van der Waals surface area contributed by atoms with Crippen LogP contribution < -0.4 is 9.50 Å². The van der Waals surface area contributed by atoms with Crippen LogP contribution in [0, 0.1) is 13.8 Å². The fourth-order valence-electron chi connectivity index (χ4n) is 1.77. The van der Waals surface area contributed by atoms with Crippen LogP contribution in [0.5, 0.6) is 5.75 Å². The second-order valence-electron chi connectivity index (χ2n) is 4.87. The van der Waals surface area contributed by atoms with Gasteiger partial charge in [0, 0.05) is 11.8 Å². The summed E-state index contributed by atoms with van der Waals surface area (Å²) in [7, 11) is -3.86. The van der Waals surface area contributed by atoms with Crippen LogP contribution in [-0.4, -0.2) is 14.3 Å². The second kappa shape index (κ2) is 6.50. The number of aryl methyl sites for hydroxylation is 1. The number of carbonyl (C=O) groups is 1. The third kappa shape index (κ3) is 3.86. The number of hydrogen-bond acceptors (Lipinski definition) is 5. The number of nitrogens with one attached hydrogen (secondary N) is 1. The van der Waals surface area contributed by atoms with Crippen LogP contribution in [0.4, 0.5) is 0 Å². The van der Waals surface area contributed by atoms with Gasteiger partial charge in [-0.1, -0.05) is 12.1 Å². The van der Waals surface area contributed by atoms with Gasteiger partial charge in [-0.3, -0.25) is 4.79 Å². The molecule has 1 aromatic heterocycles. The molecule has 0 aliphatic rings. The summed E-state index contributed by atoms with van der Waals surface area (Å²) in [6.07, 6.45) is 0. The van der Waals surface area contributed by atoms with E-state index in [0.29, 0.717) is 12.3 Å². The van der Waals surface area contributed by atoms with Gasteiger partial charge in [0.1, 0.15) is 5.75 Å². The maximum Gasteiger partial charge on any atom is 0.348 e. The molecule has 7 heteroatoms. The summed E-state index contributed by atoms with van der Waals surface area (Å²) in [6.45, 7) is 5.43. The maximum atomic E-state index is 12.3. The van der Waals surface area contributed by atoms with E-state index in [9.17, 15) is 13.2 Å². The maximum absolute atomic E-state index is 12.3. The number of benzene rings is 1. The molecule has 0 spiro atoms. The Bertz CT molecular complexity index is 794. The van der Waals surface area contributed by atoms with Gasteiger partial charge in [0.25, 0.3) is 0 Å². The molecular weight excluding hydrogens is 322 g/mol. The molecule has 2 rings (SSSR count). The number of hydrogen-bond donors (Lipinski definition) is 1. The van der Waals surface area contributed by atoms with Crippen molar-refractivity contribution in [1.29, 1.82) is 0 Å². The van der Waals surface area contributed by atoms with Crippen molar-refractivity contribution in [2.45, 2.75) is 31.5 Å². The minimum atomic E-state index is -3.86. The van der Waals surface area contributed by atoms with Crippen LogP contribution in [0.15, 0.2) is 34.5 Å². The highest BCUT2D eigenvalue weighted by molar-refractivity contribution is 7.89. The molecular formula is C15H17NO4S2. The average molecular weight is 339 g/mol. The molecule has 0 atom stereocenters. The first-order valence-electron chi connectivity index (χ1n) is 6.63. The molecule has 118 valence electrons. The van der Waals surface area contributed by atoms with Crippen LogP contribution in [-0.2, 0) is 21.5 Å². The fourth-order valence-corrected chi connectivity index (χ4v) is 4.01. The van der Waals surface area contributed by atoms with Crippen molar-refractivity contribution in [3.63, 3.8) is 0 Å². The third-order valence-corrected chi connectivity index (χ3v) is 5.92. The molecule has 22 heavy (non-hydrogen) atoms. The summed E-state index contributed by atoms with van der Waals surface area (Å²) in [4.78, 5) is 11.6. The van der Waals surface area contributed by atoms with E-state index in [4.69, 9.17) is 4.18 Å². The second-order valence-corrected chi connectivity index (χ2v) is 7.81. The van der Waals surface area contributed by atoms with Crippen LogP contribution >= 0.6 is 11.3 Å². The standard InChI is InChI=1S/C15H17NO4S2/c1-10-5-4-6-14(11(10)2)20-22(18,19)15-8-7-13(21-15)9-16-12(3)17/h4-8H,9H2,1-3H3,(H,16,17). The lowest BCUT2D eigenvalue weighted by molar-refractivity contribution is -0.119. The first kappa shape index (κ1) is 16.5. The molecule has 1 N–H and O–H groups in total. The number of amides is 1. The van der Waals surface area contributed by atoms with E-state index in [2.05, 4.69) is 5.32 Å². The Labute approximate surface area is 134 Å². The first-order valence-corrected chi connectivity index (χ1v) is 8.86. The van der Waals surface area contributed by atoms with Crippen LogP contribution in [0.1, 0.15) is 22.9 Å². The van der Waals surface area contributed by atoms with Gasteiger partial charge in [0.2, 0.25) is 5.91 Å². The molecule has 0 aliphatic carbocycles. The summed E-state index contributed by atoms with van der Waals surface area (Å²) in [5, 5.41) is 2.63. The van der Waals surface area contributed by atoms with E-state index in [1.807, 2.05) is 19.9 Å². The summed E-state index contributed by atoms with van der Waals surface area (Å²) in [5.41, 5.74) is 1.76. The Morgan fingerprint density at radius 3 is 2.64 bits per heavy atom. The predicted molar refractivity (Wildman–Crippen MR) is 85.6 cm³/mol. The number of rotatable bonds is 5. The Morgan fingerprint density at radius 1 is 1.23 bits per heavy atom. The summed E-state index contributed by atoms with van der Waals surface area (Å²) < 4.78 is 30.0. The van der Waals surface area contributed by atoms with Gasteiger partial charge in [0.05, 0.1) is 6.54 Å². The Morgan fingerprint density at radius 2 is 1.95 bits per heavy atom. The molecule has 0 saturated carbocycles. The zero-order chi connectivity index (χ0) is 16.3. The number of carbonyl (C=O) groups excluding carboxylic acids is 1. The van der Waals surface area contributed by atoms with Gasteiger partial charge in [-0.15, -0.1) is 11.3 Å². The lowest BCUT2D eigenvalue weighted by Gasteiger charge is -2.09. The monoisotopic (exact) mass is 339 g/mol. The summed E-state index contributed by atoms with van der Waals surface area (Å²) in [5.74, 6) is 0.168. The minimum absolute atomic E-state index is 0.119. The SMILES string of the molecule is CC(=O)NCc1ccc(S(=O)(=O)Oc2cccc(C)c2C)s1. The topological polar surface area (TPSA) is 72.5 Å². The van der Waals surface area contributed by atoms with Crippen molar-refractivity contribution in [3.8, 4) is 5.75 Å². The minimum Gasteiger partial charge on any atom is -0.378 e. The van der Waals surface area contributed by atoms with Crippen molar-refractivity contribution in [2.75, 3.05) is 0 Å². The van der Waals surface area contributed by atoms with E-state index < -0.39 is 10.1 Å². The highest BCUT2D eigenvalue weighted by Gasteiger charge is 2.20. The quantitative estimate of drug-likeness (QED) is 0.850. The van der Waals surface area contributed by atoms with Crippen molar-refractivity contribution in [2.24, 2.45) is 0 Å². The lowest BCUT2D eigenvalue weighted by atomic mass is 10.1. The molecule has 0 unspecified atom stereocenters. The fraction of sp³-hybridized carbons (Fsp3) is 0.267. The Balaban J connectivity index is 2.20. The zero-order valence-corrected chi connectivity index (χ0v) is 14.2. The highest BCUT2D eigenvalue weighted by atomic mass is 32.3. The Hall–Kier alpha value is -1.86. The summed E-state index contributed by atoms with van der Waals surface area (Å²) in [6, 6.07) is 8.43. The van der Waals surface area contributed by atoms with E-state index in [-0.39, 0.29) is 10.1 Å². The Kier molecular flexibility index (Phi) is 4.87. The highest BCUT2D eigenvalue weighted by Crippen LogP contribution is 2.28. The van der Waals surface area contributed by atoms with Crippen LogP contribution in [0.2, 0.25) is 0 Å². The van der Waals surface area contributed by atoms with E-state index in [0.717, 1.165) is 27.3 Å². The molecule has 0 fully saturated rings. The molecule has 0 saturated heterocycles. The lowest BCUT2D eigenvalue weighted by Crippen LogP contribution is -2.18. The molecule has 0 radical (unpaired) electrons. The zero-order valence-electron chi connectivity index (χ0n) is 12.5. The largest absolute Gasteiger partial charge is 0.378 e. The summed E-state index contributed by atoms with van der Waals surface area (Å²) >= 11 is 1.08. The van der Waals surface area contributed by atoms with Gasteiger partial charge in [-0.2, -0.15) is 8.42 Å². The van der Waals surface area contributed by atoms with E-state index in [1.54, 1.807) is 18.2 Å². The molecule has 2 aromatic rings. The van der Waals surface area contributed by atoms with Crippen molar-refractivity contribution < 1.29 is 17.4 Å². The average Bonchev–Trinajstić information content (AvgIpc) is 2.91. The van der Waals surface area contributed by atoms with Crippen molar-refractivity contribution in [1.82, 2.24) is 5.32 Å². The van der Waals surface area contributed by atoms with Crippen LogP contribution in [0.25, 0.3) is 0 Å². The normalized spacial score (nSPS) is 11.2. The van der Waals surface area contributed by atoms with Gasteiger partial charge in [-0.05, 0) is 43.2 Å². The molecule has 1 amide bonds. The first-order chi connectivity index (χ1) is 10.3. The van der Waals surface area contributed by atoms with Gasteiger partial charge < -0.3 is 9.50 Å². The molecule has 0 bridgehead atoms. The van der Waals surface area contributed by atoms with Gasteiger partial charge in [0.15, 0.2) is 4.21 Å². The van der Waals surface area contributed by atoms with E-state index in [1.165, 1.54) is 13.0 Å². The molecule has 5 nitrogen and oxygen atoms in total. The van der Waals surface area contributed by atoms with Gasteiger partial charge >= 0.3 is 10.1 Å². The van der Waals surface area contributed by atoms with Gasteiger partial charge in [-0.25, -0.2) is 0 Å². The van der Waals surface area contributed by atoms with Crippen LogP contribution in [0.3, 0.4) is 0 Å². The third-order valence-electron chi connectivity index (χ3n) is 3.15. The molecule has 1 heterocycles.